The van der Waals surface area contributed by atoms with Crippen molar-refractivity contribution in [1.29, 1.82) is 0 Å². The maximum atomic E-state index is 13.4. The van der Waals surface area contributed by atoms with Gasteiger partial charge in [0.25, 0.3) is 0 Å². The number of morpholine rings is 1. The Labute approximate surface area is 170 Å². The highest BCUT2D eigenvalue weighted by Gasteiger charge is 2.52. The first kappa shape index (κ1) is 20.1. The number of amides is 3. The summed E-state index contributed by atoms with van der Waals surface area (Å²) >= 11 is 0. The summed E-state index contributed by atoms with van der Waals surface area (Å²) in [6.07, 6.45) is 1.56. The van der Waals surface area contributed by atoms with Crippen molar-refractivity contribution in [3.05, 3.63) is 35.6 Å². The number of halogens is 1. The Morgan fingerprint density at radius 1 is 1.10 bits per heavy atom. The minimum absolute atomic E-state index is 0.121. The third kappa shape index (κ3) is 4.38. The molecule has 29 heavy (non-hydrogen) atoms. The summed E-state index contributed by atoms with van der Waals surface area (Å²) in [6, 6.07) is 5.98. The summed E-state index contributed by atoms with van der Waals surface area (Å²) in [7, 11) is 0. The van der Waals surface area contributed by atoms with E-state index < -0.39 is 0 Å². The van der Waals surface area contributed by atoms with E-state index in [2.05, 4.69) is 5.32 Å². The number of likely N-dealkylation sites (tertiary alicyclic amines) is 1. The Bertz CT molecular complexity index is 747. The molecule has 0 radical (unpaired) electrons. The van der Waals surface area contributed by atoms with Gasteiger partial charge in [0.05, 0.1) is 19.1 Å². The first-order valence-corrected chi connectivity index (χ1v) is 10.3. The average Bonchev–Trinajstić information content (AvgIpc) is 3.11. The van der Waals surface area contributed by atoms with Gasteiger partial charge < -0.3 is 24.6 Å². The largest absolute Gasteiger partial charge is 0.381 e. The van der Waals surface area contributed by atoms with Crippen LogP contribution >= 0.6 is 0 Å². The molecule has 0 bridgehead atoms. The van der Waals surface area contributed by atoms with E-state index in [4.69, 9.17) is 9.47 Å². The van der Waals surface area contributed by atoms with Crippen molar-refractivity contribution in [2.45, 2.75) is 19.4 Å². The van der Waals surface area contributed by atoms with Crippen LogP contribution in [-0.4, -0.2) is 74.3 Å². The molecule has 3 aliphatic rings. The Balaban J connectivity index is 1.44. The molecule has 3 fully saturated rings. The molecule has 158 valence electrons. The van der Waals surface area contributed by atoms with Crippen LogP contribution in [0.5, 0.6) is 0 Å². The molecule has 1 N–H and O–H groups in total. The Hall–Kier alpha value is -2.19. The number of carbonyl (C=O) groups excluding carboxylic acids is 2. The summed E-state index contributed by atoms with van der Waals surface area (Å²) in [5.74, 6) is -0.421. The monoisotopic (exact) mass is 405 g/mol. The van der Waals surface area contributed by atoms with Crippen LogP contribution in [-0.2, 0) is 20.8 Å². The third-order valence-corrected chi connectivity index (χ3v) is 6.38. The number of nitrogens with one attached hydrogen (secondary N) is 1. The molecule has 1 atom stereocenters. The summed E-state index contributed by atoms with van der Waals surface area (Å²) in [4.78, 5) is 29.7. The number of hydrogen-bond donors (Lipinski definition) is 1. The van der Waals surface area contributed by atoms with Crippen LogP contribution in [0, 0.1) is 17.2 Å². The highest BCUT2D eigenvalue weighted by molar-refractivity contribution is 5.83. The lowest BCUT2D eigenvalue weighted by atomic mass is 9.71. The predicted octanol–water partition coefficient (Wildman–Crippen LogP) is 1.62. The second-order valence-electron chi connectivity index (χ2n) is 8.13. The van der Waals surface area contributed by atoms with Crippen LogP contribution in [0.1, 0.15) is 18.4 Å². The van der Waals surface area contributed by atoms with E-state index in [1.165, 1.54) is 12.1 Å². The number of carbonyl (C=O) groups is 2. The zero-order valence-electron chi connectivity index (χ0n) is 16.6. The summed E-state index contributed by atoms with van der Waals surface area (Å²) in [5, 5.41) is 2.87. The van der Waals surface area contributed by atoms with Crippen LogP contribution in [0.2, 0.25) is 0 Å². The summed E-state index contributed by atoms with van der Waals surface area (Å²) < 4.78 is 24.3. The molecule has 0 aliphatic carbocycles. The number of nitrogens with zero attached hydrogens (tertiary/aromatic N) is 2. The Morgan fingerprint density at radius 2 is 1.83 bits per heavy atom. The minimum Gasteiger partial charge on any atom is -0.381 e. The van der Waals surface area contributed by atoms with Gasteiger partial charge in [-0.2, -0.15) is 0 Å². The zero-order chi connectivity index (χ0) is 20.3. The molecule has 1 aromatic rings. The van der Waals surface area contributed by atoms with Crippen molar-refractivity contribution in [2.24, 2.45) is 11.3 Å². The van der Waals surface area contributed by atoms with E-state index in [-0.39, 0.29) is 35.6 Å². The van der Waals surface area contributed by atoms with Gasteiger partial charge in [-0.15, -0.1) is 0 Å². The van der Waals surface area contributed by atoms with E-state index in [0.29, 0.717) is 58.2 Å². The van der Waals surface area contributed by atoms with Crippen molar-refractivity contribution in [3.63, 3.8) is 0 Å². The van der Waals surface area contributed by atoms with E-state index in [1.807, 2.05) is 4.90 Å². The molecular weight excluding hydrogens is 377 g/mol. The van der Waals surface area contributed by atoms with Crippen LogP contribution in [0.25, 0.3) is 0 Å². The van der Waals surface area contributed by atoms with Gasteiger partial charge in [0, 0.05) is 51.4 Å². The Morgan fingerprint density at radius 3 is 2.55 bits per heavy atom. The lowest BCUT2D eigenvalue weighted by Gasteiger charge is -2.39. The topological polar surface area (TPSA) is 71.1 Å². The maximum absolute atomic E-state index is 13.4. The van der Waals surface area contributed by atoms with Crippen LogP contribution in [0.15, 0.2) is 24.3 Å². The highest BCUT2D eigenvalue weighted by Crippen LogP contribution is 2.45. The van der Waals surface area contributed by atoms with Crippen molar-refractivity contribution in [1.82, 2.24) is 15.1 Å². The fourth-order valence-electron chi connectivity index (χ4n) is 4.69. The van der Waals surface area contributed by atoms with Gasteiger partial charge in [-0.3, -0.25) is 4.79 Å². The molecule has 0 aromatic heterocycles. The highest BCUT2D eigenvalue weighted by atomic mass is 19.1. The van der Waals surface area contributed by atoms with E-state index in [1.54, 1.807) is 17.0 Å². The van der Waals surface area contributed by atoms with Gasteiger partial charge in [-0.1, -0.05) is 12.1 Å². The standard InChI is InChI=1S/C21H28FN3O4/c22-17-3-1-2-16(12-17)13-23-20(27)25-14-18(19(26)24-6-10-29-11-7-24)21(15-25)4-8-28-9-5-21/h1-3,12,18H,4-11,13-15H2,(H,23,27). The molecule has 7 nitrogen and oxygen atoms in total. The van der Waals surface area contributed by atoms with Gasteiger partial charge in [-0.05, 0) is 30.5 Å². The van der Waals surface area contributed by atoms with Crippen molar-refractivity contribution in [3.8, 4) is 0 Å². The van der Waals surface area contributed by atoms with Gasteiger partial charge >= 0.3 is 6.03 Å². The molecule has 3 saturated heterocycles. The molecule has 1 aromatic carbocycles. The van der Waals surface area contributed by atoms with Gasteiger partial charge in [0.2, 0.25) is 5.91 Å². The fourth-order valence-corrected chi connectivity index (χ4v) is 4.69. The van der Waals surface area contributed by atoms with Gasteiger partial charge in [-0.25, -0.2) is 9.18 Å². The lowest BCUT2D eigenvalue weighted by molar-refractivity contribution is -0.144. The minimum atomic E-state index is -0.324. The lowest BCUT2D eigenvalue weighted by Crippen LogP contribution is -2.49. The molecule has 4 rings (SSSR count). The summed E-state index contributed by atoms with van der Waals surface area (Å²) in [6.45, 7) is 4.78. The normalized spacial score (nSPS) is 24.0. The molecule has 1 spiro atoms. The second kappa shape index (κ2) is 8.67. The number of ether oxygens (including phenoxy) is 2. The van der Waals surface area contributed by atoms with E-state index >= 15 is 0 Å². The molecule has 8 heteroatoms. The number of hydrogen-bond acceptors (Lipinski definition) is 4. The predicted molar refractivity (Wildman–Crippen MR) is 104 cm³/mol. The fraction of sp³-hybridized carbons (Fsp3) is 0.619. The van der Waals surface area contributed by atoms with Gasteiger partial charge in [0.15, 0.2) is 0 Å². The average molecular weight is 405 g/mol. The SMILES string of the molecule is O=C(NCc1cccc(F)c1)N1CC(C(=O)N2CCOCC2)C2(CCOCC2)C1. The van der Waals surface area contributed by atoms with Crippen molar-refractivity contribution < 1.29 is 23.5 Å². The van der Waals surface area contributed by atoms with E-state index in [0.717, 1.165) is 12.8 Å². The first-order valence-electron chi connectivity index (χ1n) is 10.3. The zero-order valence-corrected chi connectivity index (χ0v) is 16.6. The quantitative estimate of drug-likeness (QED) is 0.830. The molecular formula is C21H28FN3O4. The van der Waals surface area contributed by atoms with Crippen LogP contribution in [0.4, 0.5) is 9.18 Å². The second-order valence-corrected chi connectivity index (χ2v) is 8.13. The van der Waals surface area contributed by atoms with Crippen molar-refractivity contribution in [2.75, 3.05) is 52.6 Å². The molecule has 3 aliphatic heterocycles. The molecule has 1 unspecified atom stereocenters. The smallest absolute Gasteiger partial charge is 0.317 e. The first-order chi connectivity index (χ1) is 14.1. The van der Waals surface area contributed by atoms with Gasteiger partial charge in [0.1, 0.15) is 5.82 Å². The maximum Gasteiger partial charge on any atom is 0.317 e. The Kier molecular flexibility index (Phi) is 6.01. The van der Waals surface area contributed by atoms with Crippen LogP contribution in [0.3, 0.4) is 0 Å². The number of rotatable bonds is 3. The van der Waals surface area contributed by atoms with Crippen molar-refractivity contribution >= 4 is 11.9 Å². The third-order valence-electron chi connectivity index (χ3n) is 6.38. The number of benzene rings is 1. The molecule has 3 amide bonds. The molecule has 3 heterocycles. The molecule has 0 saturated carbocycles. The van der Waals surface area contributed by atoms with Crippen LogP contribution < -0.4 is 5.32 Å². The number of urea groups is 1. The summed E-state index contributed by atoms with van der Waals surface area (Å²) in [5.41, 5.74) is 0.475. The van der Waals surface area contributed by atoms with E-state index in [9.17, 15) is 14.0 Å².